The Labute approximate surface area is 492 Å². The molecule has 2 rings (SSSR count). The normalized spacial score (nSPS) is 11.9. The minimum Gasteiger partial charge on any atom is -0.478 e. The predicted octanol–water partition coefficient (Wildman–Crippen LogP) is 10.4. The molecule has 3 atom stereocenters. The molecule has 0 heterocycles. The third kappa shape index (κ3) is 39.3. The molecule has 0 saturated carbocycles. The largest absolute Gasteiger partial charge is 0.478 e. The summed E-state index contributed by atoms with van der Waals surface area (Å²) in [5.41, 5.74) is -0.868. The second-order valence-corrected chi connectivity index (χ2v) is 21.8. The molecule has 5 N–H and O–H groups in total. The van der Waals surface area contributed by atoms with E-state index in [4.69, 9.17) is 53.0 Å². The fourth-order valence-electron chi connectivity index (χ4n) is 5.52. The van der Waals surface area contributed by atoms with Crippen molar-refractivity contribution in [2.45, 2.75) is 174 Å². The maximum atomic E-state index is 11.8. The Bertz CT molecular complexity index is 2210. The van der Waals surface area contributed by atoms with E-state index >= 15 is 0 Å². The van der Waals surface area contributed by atoms with Crippen LogP contribution in [0.5, 0.6) is 0 Å². The summed E-state index contributed by atoms with van der Waals surface area (Å²) in [5, 5.41) is 25.3. The molecule has 0 aromatic heterocycles. The van der Waals surface area contributed by atoms with Gasteiger partial charge in [0, 0.05) is 12.3 Å². The molecule has 3 amide bonds. The number of carbonyl (C=O) groups is 8. The molecule has 2 aromatic rings. The molecule has 0 saturated heterocycles. The highest BCUT2D eigenvalue weighted by molar-refractivity contribution is 5.91. The number of aromatic carboxylic acids is 1. The Hall–Kier alpha value is -6.90. The number of hydrogen-bond acceptors (Lipinski definition) is 18. The first-order valence-corrected chi connectivity index (χ1v) is 28.3. The number of carboxylic acids is 1. The van der Waals surface area contributed by atoms with Crippen molar-refractivity contribution < 1.29 is 91.3 Å². The number of hydrogen-bond donors (Lipinski definition) is 5. The number of nitrogens with one attached hydrogen (secondary N) is 3. The first-order valence-electron chi connectivity index (χ1n) is 28.3. The molecular formula is C61H99N3O19. The molecule has 3 unspecified atom stereocenters. The maximum Gasteiger partial charge on any atom is 0.407 e. The number of unbranched alkanes of at least 4 members (excludes halogenated alkanes) is 1. The van der Waals surface area contributed by atoms with Gasteiger partial charge in [0.15, 0.2) is 0 Å². The number of rotatable bonds is 31. The van der Waals surface area contributed by atoms with Gasteiger partial charge in [-0.1, -0.05) is 79.0 Å². The van der Waals surface area contributed by atoms with Crippen molar-refractivity contribution in [1.29, 1.82) is 0 Å². The van der Waals surface area contributed by atoms with Gasteiger partial charge in [-0.05, 0) is 144 Å². The zero-order valence-electron chi connectivity index (χ0n) is 52.3. The molecule has 22 nitrogen and oxygen atoms in total. The third-order valence-corrected chi connectivity index (χ3v) is 12.9. The van der Waals surface area contributed by atoms with Crippen LogP contribution in [0.1, 0.15) is 183 Å². The molecule has 0 aliphatic rings. The Morgan fingerprint density at radius 3 is 1.41 bits per heavy atom. The first-order chi connectivity index (χ1) is 38.8. The Kier molecular flexibility index (Phi) is 43.2. The highest BCUT2D eigenvalue weighted by atomic mass is 16.6. The number of anilines is 1. The quantitative estimate of drug-likeness (QED) is 0.0266. The molecule has 83 heavy (non-hydrogen) atoms. The summed E-state index contributed by atoms with van der Waals surface area (Å²) < 4.78 is 36.1. The van der Waals surface area contributed by atoms with E-state index in [0.717, 1.165) is 12.8 Å². The SMILES string of the molecule is CCC(C)(C)C(=O)OCC(C)O.CCC(C)(C)C(=O)OCCNC(=O)Nc1ccc(C(=O)O)cc1.CCC(C)(C)C(=O)OCCOC(=O)c1ccccc1.CCCCC(CC)COCC(C)OC(=O)NCCOC(=O)C(C)(C)CC.O=C=O. The number of benzene rings is 2. The fourth-order valence-corrected chi connectivity index (χ4v) is 5.52. The fraction of sp³-hybridized carbons (Fsp3) is 0.656. The van der Waals surface area contributed by atoms with Gasteiger partial charge in [0.2, 0.25) is 0 Å². The lowest BCUT2D eigenvalue weighted by atomic mass is 9.91. The maximum absolute atomic E-state index is 11.8. The number of urea groups is 1. The van der Waals surface area contributed by atoms with Gasteiger partial charge in [0.05, 0.1) is 58.6 Å². The minimum absolute atomic E-state index is 0.0687. The second-order valence-electron chi connectivity index (χ2n) is 21.8. The molecular weight excluding hydrogens is 1080 g/mol. The van der Waals surface area contributed by atoms with Crippen LogP contribution in [0.4, 0.5) is 15.3 Å². The van der Waals surface area contributed by atoms with Crippen LogP contribution in [-0.2, 0) is 61.9 Å². The van der Waals surface area contributed by atoms with Crippen molar-refractivity contribution in [3.05, 3.63) is 65.7 Å². The van der Waals surface area contributed by atoms with E-state index in [1.54, 1.807) is 52.0 Å². The van der Waals surface area contributed by atoms with Gasteiger partial charge in [0.25, 0.3) is 0 Å². The lowest BCUT2D eigenvalue weighted by molar-refractivity contribution is -0.192. The molecule has 22 heteroatoms. The Morgan fingerprint density at radius 1 is 0.554 bits per heavy atom. The van der Waals surface area contributed by atoms with Crippen molar-refractivity contribution in [2.24, 2.45) is 27.6 Å². The highest BCUT2D eigenvalue weighted by Crippen LogP contribution is 2.24. The van der Waals surface area contributed by atoms with E-state index in [1.807, 2.05) is 75.3 Å². The number of aliphatic hydroxyl groups is 1. The summed E-state index contributed by atoms with van der Waals surface area (Å²) in [6.07, 6.45) is 6.34. The number of amides is 3. The number of carbonyl (C=O) groups excluding carboxylic acids is 9. The summed E-state index contributed by atoms with van der Waals surface area (Å²) >= 11 is 0. The zero-order chi connectivity index (χ0) is 64.2. The van der Waals surface area contributed by atoms with Crippen LogP contribution in [0.2, 0.25) is 0 Å². The number of aliphatic hydroxyl groups excluding tert-OH is 1. The monoisotopic (exact) mass is 1180 g/mol. The van der Waals surface area contributed by atoms with Crippen LogP contribution in [0.15, 0.2) is 54.6 Å². The number of esters is 5. The second kappa shape index (κ2) is 44.7. The van der Waals surface area contributed by atoms with Gasteiger partial charge in [-0.15, -0.1) is 0 Å². The zero-order valence-corrected chi connectivity index (χ0v) is 52.3. The van der Waals surface area contributed by atoms with Crippen LogP contribution < -0.4 is 16.0 Å². The summed E-state index contributed by atoms with van der Waals surface area (Å²) in [7, 11) is 0. The summed E-state index contributed by atoms with van der Waals surface area (Å²) in [6, 6.07) is 14.0. The molecule has 0 bridgehead atoms. The smallest absolute Gasteiger partial charge is 0.407 e. The van der Waals surface area contributed by atoms with Crippen LogP contribution in [-0.4, -0.2) is 136 Å². The van der Waals surface area contributed by atoms with Gasteiger partial charge in [0.1, 0.15) is 39.1 Å². The third-order valence-electron chi connectivity index (χ3n) is 12.9. The Morgan fingerprint density at radius 2 is 0.988 bits per heavy atom. The van der Waals surface area contributed by atoms with E-state index in [2.05, 4.69) is 29.8 Å². The predicted molar refractivity (Wildman–Crippen MR) is 312 cm³/mol. The van der Waals surface area contributed by atoms with Crippen LogP contribution in [0.25, 0.3) is 0 Å². The van der Waals surface area contributed by atoms with Gasteiger partial charge < -0.3 is 59.3 Å². The summed E-state index contributed by atoms with van der Waals surface area (Å²) in [6.45, 7) is 32.0. The first kappa shape index (κ1) is 80.3. The summed E-state index contributed by atoms with van der Waals surface area (Å²) in [5.74, 6) is -1.95. The molecule has 0 aliphatic carbocycles. The molecule has 0 spiro atoms. The van der Waals surface area contributed by atoms with Crippen molar-refractivity contribution in [2.75, 3.05) is 64.7 Å². The number of ether oxygens (including phenoxy) is 7. The van der Waals surface area contributed by atoms with Gasteiger partial charge >= 0.3 is 54.1 Å². The molecule has 0 fully saturated rings. The van der Waals surface area contributed by atoms with E-state index in [-0.39, 0.29) is 87.8 Å². The lowest BCUT2D eigenvalue weighted by Gasteiger charge is -2.20. The van der Waals surface area contributed by atoms with Crippen molar-refractivity contribution in [3.8, 4) is 0 Å². The highest BCUT2D eigenvalue weighted by Gasteiger charge is 2.29. The van der Waals surface area contributed by atoms with Crippen LogP contribution >= 0.6 is 0 Å². The van der Waals surface area contributed by atoms with Gasteiger partial charge in [-0.3, -0.25) is 19.2 Å². The van der Waals surface area contributed by atoms with Crippen LogP contribution in [0.3, 0.4) is 0 Å². The van der Waals surface area contributed by atoms with Crippen molar-refractivity contribution >= 4 is 59.8 Å². The molecule has 0 aliphatic heterocycles. The van der Waals surface area contributed by atoms with E-state index in [1.165, 1.54) is 43.5 Å². The van der Waals surface area contributed by atoms with Crippen LogP contribution in [0, 0.1) is 27.6 Å². The summed E-state index contributed by atoms with van der Waals surface area (Å²) in [4.78, 5) is 108. The lowest BCUT2D eigenvalue weighted by Crippen LogP contribution is -2.34. The molecule has 0 radical (unpaired) electrons. The average molecular weight is 1180 g/mol. The van der Waals surface area contributed by atoms with E-state index < -0.39 is 51.8 Å². The van der Waals surface area contributed by atoms with E-state index in [9.17, 15) is 38.4 Å². The average Bonchev–Trinajstić information content (AvgIpc) is 3.45. The van der Waals surface area contributed by atoms with Gasteiger partial charge in [-0.2, -0.15) is 9.59 Å². The molecule has 472 valence electrons. The van der Waals surface area contributed by atoms with Crippen molar-refractivity contribution in [3.63, 3.8) is 0 Å². The standard InChI is InChI=1S/C20H39NO5.C16H22N2O5.C15H20O4.C9H18O3.CO2/c1-7-10-11-17(8-2)15-24-14-16(4)26-19(23)21-12-13-25-18(22)20(5,6)9-3;1-4-16(2,3)14(21)23-10-9-17-15(22)18-12-7-5-11(6-8-12)13(19)20;1-4-15(2,3)14(17)19-11-10-18-13(16)12-8-6-5-7-9-12;1-5-9(3,4)8(11)12-6-7(2)10;2-1-3/h16-17H,7-15H2,1-6H3,(H,21,23);5-8H,4,9-10H2,1-3H3,(H,19,20)(H2,17,18,22);5-9H,4,10-11H2,1-3H3;7,10H,5-6H2,1-4H3;. The topological polar surface area (TPSA) is 312 Å². The van der Waals surface area contributed by atoms with Gasteiger partial charge in [-0.25, -0.2) is 19.2 Å². The number of carboxylic acid groups (broad SMARTS) is 1. The molecule has 2 aromatic carbocycles. The minimum atomic E-state index is -1.03. The van der Waals surface area contributed by atoms with Crippen molar-refractivity contribution in [1.82, 2.24) is 10.6 Å². The Balaban J connectivity index is -0.00000104. The van der Waals surface area contributed by atoms with E-state index in [0.29, 0.717) is 49.6 Å². The number of alkyl carbamates (subject to hydrolysis) is 1.